The summed E-state index contributed by atoms with van der Waals surface area (Å²) >= 11 is 6.36. The maximum atomic E-state index is 9.95. The molecule has 1 aliphatic heterocycles. The highest BCUT2D eigenvalue weighted by atomic mass is 35.5. The second kappa shape index (κ2) is 5.21. The normalized spacial score (nSPS) is 13.0. The minimum Gasteiger partial charge on any atom is -0.508 e. The number of fused-ring (bicyclic) bond motifs is 3. The highest BCUT2D eigenvalue weighted by Crippen LogP contribution is 2.30. The number of aliphatic imine (C=N–C) groups is 1. The van der Waals surface area contributed by atoms with E-state index in [9.17, 15) is 5.11 Å². The molecular formula is C17H13ClN4O. The average molecular weight is 325 g/mol. The molecule has 3 aromatic rings. The van der Waals surface area contributed by atoms with Crippen LogP contribution < -0.4 is 0 Å². The van der Waals surface area contributed by atoms with E-state index in [1.54, 1.807) is 12.1 Å². The molecule has 0 aliphatic carbocycles. The van der Waals surface area contributed by atoms with Gasteiger partial charge in [0.05, 0.1) is 11.4 Å². The van der Waals surface area contributed by atoms with Gasteiger partial charge in [-0.05, 0) is 31.2 Å². The molecule has 2 aromatic carbocycles. The van der Waals surface area contributed by atoms with Crippen LogP contribution in [0.25, 0.3) is 5.69 Å². The van der Waals surface area contributed by atoms with Crippen molar-refractivity contribution in [1.29, 1.82) is 0 Å². The van der Waals surface area contributed by atoms with Gasteiger partial charge in [-0.15, -0.1) is 10.2 Å². The van der Waals surface area contributed by atoms with Gasteiger partial charge in [-0.3, -0.25) is 9.56 Å². The predicted molar refractivity (Wildman–Crippen MR) is 88.6 cm³/mol. The standard InChI is InChI=1S/C17H13ClN4O/c1-10-20-21-16-9-19-17(12-4-2-3-5-14(12)18)13-8-11(23)6-7-15(13)22(10)16/h2-8,23H,9H2,1H3. The van der Waals surface area contributed by atoms with Gasteiger partial charge >= 0.3 is 0 Å². The number of aryl methyl sites for hydroxylation is 1. The fourth-order valence-corrected chi connectivity index (χ4v) is 3.07. The van der Waals surface area contributed by atoms with Crippen LogP contribution in [0, 0.1) is 6.92 Å². The van der Waals surface area contributed by atoms with Crippen molar-refractivity contribution in [3.63, 3.8) is 0 Å². The number of halogens is 1. The van der Waals surface area contributed by atoms with Crippen molar-refractivity contribution in [2.75, 3.05) is 0 Å². The van der Waals surface area contributed by atoms with Crippen LogP contribution in [0.2, 0.25) is 5.02 Å². The van der Waals surface area contributed by atoms with E-state index < -0.39 is 0 Å². The lowest BCUT2D eigenvalue weighted by atomic mass is 10.00. The number of hydrogen-bond donors (Lipinski definition) is 1. The van der Waals surface area contributed by atoms with Crippen LogP contribution in [0.5, 0.6) is 5.75 Å². The number of benzene rings is 2. The first-order chi connectivity index (χ1) is 11.1. The summed E-state index contributed by atoms with van der Waals surface area (Å²) < 4.78 is 1.96. The molecule has 0 fully saturated rings. The quantitative estimate of drug-likeness (QED) is 0.747. The summed E-state index contributed by atoms with van der Waals surface area (Å²) in [6.07, 6.45) is 0. The van der Waals surface area contributed by atoms with Gasteiger partial charge in [0.15, 0.2) is 5.82 Å². The maximum absolute atomic E-state index is 9.95. The fraction of sp³-hybridized carbons (Fsp3) is 0.118. The molecule has 0 saturated carbocycles. The molecule has 0 bridgehead atoms. The molecule has 114 valence electrons. The zero-order valence-corrected chi connectivity index (χ0v) is 13.1. The molecule has 1 aromatic heterocycles. The first-order valence-electron chi connectivity index (χ1n) is 7.19. The second-order valence-electron chi connectivity index (χ2n) is 5.34. The summed E-state index contributed by atoms with van der Waals surface area (Å²) in [5.41, 5.74) is 3.26. The molecule has 1 aliphatic rings. The molecule has 0 amide bonds. The van der Waals surface area contributed by atoms with Crippen molar-refractivity contribution in [2.24, 2.45) is 4.99 Å². The Morgan fingerprint density at radius 2 is 1.91 bits per heavy atom. The number of nitrogens with zero attached hydrogens (tertiary/aromatic N) is 4. The van der Waals surface area contributed by atoms with Crippen LogP contribution in [0.4, 0.5) is 0 Å². The summed E-state index contributed by atoms with van der Waals surface area (Å²) in [4.78, 5) is 4.69. The van der Waals surface area contributed by atoms with Crippen LogP contribution in [-0.4, -0.2) is 25.6 Å². The predicted octanol–water partition coefficient (Wildman–Crippen LogP) is 3.29. The van der Waals surface area contributed by atoms with Crippen molar-refractivity contribution in [2.45, 2.75) is 13.5 Å². The summed E-state index contributed by atoms with van der Waals surface area (Å²) in [5, 5.41) is 18.9. The Labute approximate surface area is 137 Å². The van der Waals surface area contributed by atoms with Gasteiger partial charge in [0.1, 0.15) is 18.1 Å². The lowest BCUT2D eigenvalue weighted by Gasteiger charge is -2.13. The van der Waals surface area contributed by atoms with Crippen molar-refractivity contribution in [3.05, 3.63) is 70.3 Å². The summed E-state index contributed by atoms with van der Waals surface area (Å²) in [6, 6.07) is 12.8. The third-order valence-corrected chi connectivity index (χ3v) is 4.21. The average Bonchev–Trinajstić information content (AvgIpc) is 2.82. The monoisotopic (exact) mass is 324 g/mol. The van der Waals surface area contributed by atoms with Gasteiger partial charge in [-0.1, -0.05) is 29.8 Å². The molecule has 0 atom stereocenters. The number of hydrogen-bond acceptors (Lipinski definition) is 4. The van der Waals surface area contributed by atoms with Crippen molar-refractivity contribution in [3.8, 4) is 11.4 Å². The lowest BCUT2D eigenvalue weighted by Crippen LogP contribution is -2.08. The Hall–Kier alpha value is -2.66. The molecule has 4 rings (SSSR count). The first kappa shape index (κ1) is 14.0. The van der Waals surface area contributed by atoms with Gasteiger partial charge in [0.25, 0.3) is 0 Å². The minimum atomic E-state index is 0.178. The van der Waals surface area contributed by atoms with E-state index >= 15 is 0 Å². The van der Waals surface area contributed by atoms with Crippen LogP contribution in [0.1, 0.15) is 22.8 Å². The van der Waals surface area contributed by atoms with Crippen molar-refractivity contribution in [1.82, 2.24) is 14.8 Å². The topological polar surface area (TPSA) is 63.3 Å². The van der Waals surface area contributed by atoms with E-state index in [4.69, 9.17) is 11.6 Å². The number of phenols is 1. The zero-order chi connectivity index (χ0) is 16.0. The smallest absolute Gasteiger partial charge is 0.159 e. The van der Waals surface area contributed by atoms with Gasteiger partial charge in [0, 0.05) is 16.1 Å². The second-order valence-corrected chi connectivity index (χ2v) is 5.75. The molecule has 1 N–H and O–H groups in total. The van der Waals surface area contributed by atoms with Crippen molar-refractivity contribution >= 4 is 17.3 Å². The number of rotatable bonds is 1. The Kier molecular flexibility index (Phi) is 3.16. The van der Waals surface area contributed by atoms with Gasteiger partial charge in [0.2, 0.25) is 0 Å². The molecule has 6 heteroatoms. The summed E-state index contributed by atoms with van der Waals surface area (Å²) in [7, 11) is 0. The zero-order valence-electron chi connectivity index (χ0n) is 12.4. The third-order valence-electron chi connectivity index (χ3n) is 3.88. The van der Waals surface area contributed by atoms with Gasteiger partial charge in [-0.25, -0.2) is 0 Å². The molecule has 2 heterocycles. The van der Waals surface area contributed by atoms with E-state index in [0.717, 1.165) is 34.2 Å². The number of aromatic nitrogens is 3. The minimum absolute atomic E-state index is 0.178. The Morgan fingerprint density at radius 3 is 2.74 bits per heavy atom. The molecule has 0 unspecified atom stereocenters. The first-order valence-corrected chi connectivity index (χ1v) is 7.57. The molecule has 0 spiro atoms. The summed E-state index contributed by atoms with van der Waals surface area (Å²) in [5.74, 6) is 1.72. The molecule has 0 radical (unpaired) electrons. The Morgan fingerprint density at radius 1 is 1.09 bits per heavy atom. The Bertz CT molecular complexity index is 946. The largest absolute Gasteiger partial charge is 0.508 e. The lowest BCUT2D eigenvalue weighted by molar-refractivity contribution is 0.475. The van der Waals surface area contributed by atoms with Crippen LogP contribution >= 0.6 is 11.6 Å². The van der Waals surface area contributed by atoms with E-state index in [-0.39, 0.29) is 5.75 Å². The molecule has 0 saturated heterocycles. The highest BCUT2D eigenvalue weighted by molar-refractivity contribution is 6.35. The van der Waals surface area contributed by atoms with Crippen LogP contribution in [-0.2, 0) is 6.54 Å². The van der Waals surface area contributed by atoms with E-state index in [1.807, 2.05) is 41.8 Å². The number of aromatic hydroxyl groups is 1. The van der Waals surface area contributed by atoms with E-state index in [0.29, 0.717) is 11.6 Å². The van der Waals surface area contributed by atoms with E-state index in [1.165, 1.54) is 0 Å². The van der Waals surface area contributed by atoms with Gasteiger partial charge < -0.3 is 5.11 Å². The van der Waals surface area contributed by atoms with Crippen LogP contribution in [0.15, 0.2) is 47.5 Å². The molecule has 23 heavy (non-hydrogen) atoms. The molecule has 5 nitrogen and oxygen atoms in total. The highest BCUT2D eigenvalue weighted by Gasteiger charge is 2.22. The molecular weight excluding hydrogens is 312 g/mol. The van der Waals surface area contributed by atoms with Crippen molar-refractivity contribution < 1.29 is 5.11 Å². The fourth-order valence-electron chi connectivity index (χ4n) is 2.85. The summed E-state index contributed by atoms with van der Waals surface area (Å²) in [6.45, 7) is 2.30. The number of phenolic OH excluding ortho intramolecular Hbond substituents is 1. The SMILES string of the molecule is Cc1nnc2n1-c1ccc(O)cc1C(c1ccccc1Cl)=NC2. The Balaban J connectivity index is 2.03. The third kappa shape index (κ3) is 2.21. The maximum Gasteiger partial charge on any atom is 0.159 e. The van der Waals surface area contributed by atoms with Crippen LogP contribution in [0.3, 0.4) is 0 Å². The van der Waals surface area contributed by atoms with E-state index in [2.05, 4.69) is 15.2 Å². The van der Waals surface area contributed by atoms with Gasteiger partial charge in [-0.2, -0.15) is 0 Å².